The summed E-state index contributed by atoms with van der Waals surface area (Å²) in [5.41, 5.74) is 8.51. The number of carbonyl (C=O) groups excluding carboxylic acids is 1. The number of nitrogens with two attached hydrogens (primary N) is 1. The summed E-state index contributed by atoms with van der Waals surface area (Å²) in [4.78, 5) is 15.1. The average Bonchev–Trinajstić information content (AvgIpc) is 3.09. The van der Waals surface area contributed by atoms with Crippen molar-refractivity contribution in [1.29, 1.82) is 0 Å². The van der Waals surface area contributed by atoms with Crippen LogP contribution in [0.3, 0.4) is 0 Å². The molecule has 0 aromatic heterocycles. The van der Waals surface area contributed by atoms with Gasteiger partial charge in [0.25, 0.3) is 0 Å². The molecule has 2 N–H and O–H groups in total. The lowest BCUT2D eigenvalue weighted by Gasteiger charge is -2.30. The van der Waals surface area contributed by atoms with Gasteiger partial charge >= 0.3 is 0 Å². The maximum absolute atomic E-state index is 13.8. The fourth-order valence-electron chi connectivity index (χ4n) is 5.07. The van der Waals surface area contributed by atoms with E-state index < -0.39 is 0 Å². The molecular formula is C23H35FN2O. The minimum absolute atomic E-state index is 0.247. The molecule has 2 fully saturated rings. The van der Waals surface area contributed by atoms with Crippen LogP contribution >= 0.6 is 0 Å². The molecule has 1 amide bonds. The van der Waals surface area contributed by atoms with Crippen molar-refractivity contribution in [2.75, 3.05) is 12.3 Å². The first-order chi connectivity index (χ1) is 12.9. The molecule has 0 spiro atoms. The summed E-state index contributed by atoms with van der Waals surface area (Å²) in [6, 6.07) is 3.38. The molecule has 3 rings (SSSR count). The van der Waals surface area contributed by atoms with Crippen molar-refractivity contribution in [1.82, 2.24) is 4.90 Å². The van der Waals surface area contributed by atoms with Crippen LogP contribution in [-0.4, -0.2) is 23.4 Å². The number of halogens is 1. The first-order valence-electron chi connectivity index (χ1n) is 10.7. The zero-order valence-electron chi connectivity index (χ0n) is 17.1. The zero-order valence-corrected chi connectivity index (χ0v) is 17.1. The molecule has 150 valence electrons. The van der Waals surface area contributed by atoms with Gasteiger partial charge < -0.3 is 10.6 Å². The topological polar surface area (TPSA) is 46.3 Å². The third-order valence-corrected chi connectivity index (χ3v) is 7.08. The third kappa shape index (κ3) is 4.64. The lowest BCUT2D eigenvalue weighted by Crippen LogP contribution is -2.41. The Bertz CT molecular complexity index is 669. The van der Waals surface area contributed by atoms with E-state index in [1.54, 1.807) is 6.07 Å². The van der Waals surface area contributed by atoms with Gasteiger partial charge in [0.1, 0.15) is 5.82 Å². The zero-order chi connectivity index (χ0) is 19.6. The molecular weight excluding hydrogens is 339 g/mol. The van der Waals surface area contributed by atoms with Crippen LogP contribution in [0.1, 0.15) is 69.9 Å². The van der Waals surface area contributed by atoms with E-state index in [4.69, 9.17) is 5.73 Å². The van der Waals surface area contributed by atoms with Gasteiger partial charge in [0.2, 0.25) is 5.91 Å². The molecule has 1 aliphatic heterocycles. The van der Waals surface area contributed by atoms with Crippen LogP contribution in [0.4, 0.5) is 10.1 Å². The van der Waals surface area contributed by atoms with Crippen molar-refractivity contribution in [3.63, 3.8) is 0 Å². The average molecular weight is 375 g/mol. The number of anilines is 1. The number of amides is 1. The number of hydrogen-bond acceptors (Lipinski definition) is 2. The summed E-state index contributed by atoms with van der Waals surface area (Å²) in [5.74, 6) is 1.43. The normalized spacial score (nSPS) is 25.4. The number of rotatable bonds is 4. The van der Waals surface area contributed by atoms with Gasteiger partial charge in [-0.3, -0.25) is 4.79 Å². The van der Waals surface area contributed by atoms with E-state index in [-0.39, 0.29) is 11.7 Å². The highest BCUT2D eigenvalue weighted by molar-refractivity contribution is 5.79. The summed E-state index contributed by atoms with van der Waals surface area (Å²) in [7, 11) is 0. The van der Waals surface area contributed by atoms with Gasteiger partial charge in [-0.2, -0.15) is 0 Å². The lowest BCUT2D eigenvalue weighted by molar-refractivity contribution is -0.137. The Hall–Kier alpha value is -1.58. The maximum atomic E-state index is 13.8. The summed E-state index contributed by atoms with van der Waals surface area (Å²) < 4.78 is 13.8. The highest BCUT2D eigenvalue weighted by Gasteiger charge is 2.33. The van der Waals surface area contributed by atoms with Crippen LogP contribution in [0.5, 0.6) is 0 Å². The molecule has 3 nitrogen and oxygen atoms in total. The fraction of sp³-hybridized carbons (Fsp3) is 0.696. The van der Waals surface area contributed by atoms with E-state index in [2.05, 4.69) is 18.7 Å². The third-order valence-electron chi connectivity index (χ3n) is 7.08. The molecule has 4 heteroatoms. The van der Waals surface area contributed by atoms with Gasteiger partial charge in [-0.25, -0.2) is 4.39 Å². The van der Waals surface area contributed by atoms with E-state index in [9.17, 15) is 9.18 Å². The number of nitrogen functional groups attached to an aromatic ring is 1. The predicted octanol–water partition coefficient (Wildman–Crippen LogP) is 5.10. The van der Waals surface area contributed by atoms with Crippen LogP contribution in [-0.2, 0) is 11.2 Å². The molecule has 2 aliphatic rings. The fourth-order valence-corrected chi connectivity index (χ4v) is 5.07. The van der Waals surface area contributed by atoms with Crippen molar-refractivity contribution in [3.8, 4) is 0 Å². The van der Waals surface area contributed by atoms with Crippen LogP contribution in [0.2, 0.25) is 0 Å². The van der Waals surface area contributed by atoms with E-state index in [0.29, 0.717) is 29.5 Å². The van der Waals surface area contributed by atoms with Gasteiger partial charge in [-0.15, -0.1) is 0 Å². The Kier molecular flexibility index (Phi) is 6.44. The first kappa shape index (κ1) is 20.2. The van der Waals surface area contributed by atoms with Gasteiger partial charge in [-0.1, -0.05) is 19.8 Å². The van der Waals surface area contributed by atoms with Crippen molar-refractivity contribution < 1.29 is 9.18 Å². The second-order valence-corrected chi connectivity index (χ2v) is 8.95. The molecule has 1 saturated heterocycles. The molecule has 3 unspecified atom stereocenters. The summed E-state index contributed by atoms with van der Waals surface area (Å²) in [6.45, 7) is 7.32. The first-order valence-corrected chi connectivity index (χ1v) is 10.7. The lowest BCUT2D eigenvalue weighted by atomic mass is 9.82. The Balaban J connectivity index is 1.64. The molecule has 0 radical (unpaired) electrons. The molecule has 27 heavy (non-hydrogen) atoms. The Morgan fingerprint density at radius 2 is 1.93 bits per heavy atom. The van der Waals surface area contributed by atoms with Crippen LogP contribution in [0.15, 0.2) is 12.1 Å². The molecule has 1 aromatic rings. The number of likely N-dealkylation sites (tertiary alicyclic amines) is 1. The van der Waals surface area contributed by atoms with E-state index in [1.165, 1.54) is 18.9 Å². The largest absolute Gasteiger partial charge is 0.398 e. The standard InChI is InChI=1S/C23H35FN2O/c1-15(12-20-13-21(24)14-22(25)17(20)3)18-9-8-16(2)26(11-10-18)23(27)19-6-4-5-7-19/h13-16,18-19H,4-12,25H2,1-3H3. The van der Waals surface area contributed by atoms with Crippen LogP contribution in [0, 0.1) is 30.5 Å². The second kappa shape index (κ2) is 8.62. The van der Waals surface area contributed by atoms with E-state index >= 15 is 0 Å². The van der Waals surface area contributed by atoms with Gasteiger partial charge in [0.15, 0.2) is 0 Å². The van der Waals surface area contributed by atoms with Crippen molar-refractivity contribution in [3.05, 3.63) is 29.1 Å². The van der Waals surface area contributed by atoms with Gasteiger partial charge in [0.05, 0.1) is 0 Å². The SMILES string of the molecule is Cc1c(N)cc(F)cc1CC(C)C1CCC(C)N(C(=O)C2CCCC2)CC1. The van der Waals surface area contributed by atoms with Crippen LogP contribution < -0.4 is 5.73 Å². The van der Waals surface area contributed by atoms with Crippen molar-refractivity contribution in [2.24, 2.45) is 17.8 Å². The molecule has 3 atom stereocenters. The van der Waals surface area contributed by atoms with E-state index in [0.717, 1.165) is 56.2 Å². The maximum Gasteiger partial charge on any atom is 0.225 e. The molecule has 1 heterocycles. The number of nitrogens with zero attached hydrogens (tertiary/aromatic N) is 1. The summed E-state index contributed by atoms with van der Waals surface area (Å²) in [5, 5.41) is 0. The Morgan fingerprint density at radius 1 is 1.22 bits per heavy atom. The second-order valence-electron chi connectivity index (χ2n) is 8.95. The Labute approximate surface area is 163 Å². The van der Waals surface area contributed by atoms with E-state index in [1.807, 2.05) is 6.92 Å². The molecule has 0 bridgehead atoms. The minimum Gasteiger partial charge on any atom is -0.398 e. The number of carbonyl (C=O) groups is 1. The molecule has 1 saturated carbocycles. The molecule has 1 aliphatic carbocycles. The number of benzene rings is 1. The van der Waals surface area contributed by atoms with Gasteiger partial charge in [0, 0.05) is 24.2 Å². The quantitative estimate of drug-likeness (QED) is 0.745. The highest BCUT2D eigenvalue weighted by atomic mass is 19.1. The minimum atomic E-state index is -0.247. The van der Waals surface area contributed by atoms with Crippen molar-refractivity contribution >= 4 is 11.6 Å². The summed E-state index contributed by atoms with van der Waals surface area (Å²) in [6.07, 6.45) is 8.66. The van der Waals surface area contributed by atoms with Gasteiger partial charge in [-0.05, 0) is 87.5 Å². The van der Waals surface area contributed by atoms with Crippen molar-refractivity contribution in [2.45, 2.75) is 78.2 Å². The van der Waals surface area contributed by atoms with Crippen LogP contribution in [0.25, 0.3) is 0 Å². The number of hydrogen-bond donors (Lipinski definition) is 1. The molecule has 1 aromatic carbocycles. The highest BCUT2D eigenvalue weighted by Crippen LogP contribution is 2.34. The smallest absolute Gasteiger partial charge is 0.225 e. The Morgan fingerprint density at radius 3 is 2.63 bits per heavy atom. The summed E-state index contributed by atoms with van der Waals surface area (Å²) >= 11 is 0. The monoisotopic (exact) mass is 374 g/mol. The predicted molar refractivity (Wildman–Crippen MR) is 109 cm³/mol.